The van der Waals surface area contributed by atoms with Crippen molar-refractivity contribution in [2.45, 2.75) is 38.3 Å². The van der Waals surface area contributed by atoms with Crippen LogP contribution in [0.4, 0.5) is 0 Å². The topological polar surface area (TPSA) is 74.6 Å². The Morgan fingerprint density at radius 3 is 2.75 bits per heavy atom. The third-order valence-corrected chi connectivity index (χ3v) is 4.46. The minimum Gasteiger partial charge on any atom is -0.356 e. The van der Waals surface area contributed by atoms with E-state index < -0.39 is 0 Å². The third-order valence-electron chi connectivity index (χ3n) is 4.46. The molecule has 7 nitrogen and oxygen atoms in total. The van der Waals surface area contributed by atoms with Crippen molar-refractivity contribution < 1.29 is 4.79 Å². The van der Waals surface area contributed by atoms with Crippen LogP contribution in [0.15, 0.2) is 47.7 Å². The number of aliphatic imine (C=N–C) groups is 1. The number of guanidine groups is 1. The van der Waals surface area contributed by atoms with Gasteiger partial charge in [-0.15, -0.1) is 24.0 Å². The highest BCUT2D eigenvalue weighted by Gasteiger charge is 2.22. The summed E-state index contributed by atoms with van der Waals surface area (Å²) in [5.41, 5.74) is 2.14. The number of aromatic nitrogens is 2. The Kier molecular flexibility index (Phi) is 8.75. The quantitative estimate of drug-likeness (QED) is 0.255. The number of para-hydroxylation sites is 1. The van der Waals surface area contributed by atoms with Crippen LogP contribution in [-0.2, 0) is 11.3 Å². The van der Waals surface area contributed by atoms with Crippen LogP contribution in [0.25, 0.3) is 5.69 Å². The Hall–Kier alpha value is -2.10. The van der Waals surface area contributed by atoms with E-state index in [2.05, 4.69) is 25.6 Å². The van der Waals surface area contributed by atoms with Crippen molar-refractivity contribution in [3.05, 3.63) is 48.3 Å². The summed E-state index contributed by atoms with van der Waals surface area (Å²) in [6.45, 7) is 1.42. The van der Waals surface area contributed by atoms with Crippen LogP contribution in [0, 0.1) is 0 Å². The first-order chi connectivity index (χ1) is 13.2. The van der Waals surface area contributed by atoms with E-state index in [0.29, 0.717) is 19.0 Å². The van der Waals surface area contributed by atoms with Crippen molar-refractivity contribution in [1.82, 2.24) is 25.3 Å². The second-order valence-corrected chi connectivity index (χ2v) is 6.90. The van der Waals surface area contributed by atoms with Crippen LogP contribution in [-0.4, -0.2) is 53.2 Å². The molecule has 1 aromatic carbocycles. The Labute approximate surface area is 183 Å². The smallest absolute Gasteiger partial charge is 0.220 e. The average Bonchev–Trinajstić information content (AvgIpc) is 3.37. The molecule has 0 radical (unpaired) electrons. The SMILES string of the molecule is CN=C(NCCCC(=O)NC1CC1)N(C)Cc1cnn(-c2ccccc2)c1.I. The van der Waals surface area contributed by atoms with Gasteiger partial charge in [0.05, 0.1) is 11.9 Å². The summed E-state index contributed by atoms with van der Waals surface area (Å²) in [4.78, 5) is 18.1. The number of hydrogen-bond donors (Lipinski definition) is 2. The molecule has 0 saturated heterocycles. The molecule has 2 N–H and O–H groups in total. The first kappa shape index (κ1) is 22.2. The number of carbonyl (C=O) groups is 1. The summed E-state index contributed by atoms with van der Waals surface area (Å²) >= 11 is 0. The zero-order valence-corrected chi connectivity index (χ0v) is 18.8. The molecule has 3 rings (SSSR count). The highest BCUT2D eigenvalue weighted by atomic mass is 127. The number of rotatable bonds is 8. The van der Waals surface area contributed by atoms with Gasteiger partial charge >= 0.3 is 0 Å². The maximum Gasteiger partial charge on any atom is 0.220 e. The first-order valence-electron chi connectivity index (χ1n) is 9.46. The molecule has 1 aliphatic rings. The van der Waals surface area contributed by atoms with Crippen LogP contribution in [0.5, 0.6) is 0 Å². The monoisotopic (exact) mass is 496 g/mol. The van der Waals surface area contributed by atoms with Crippen molar-refractivity contribution >= 4 is 35.8 Å². The average molecular weight is 496 g/mol. The molecule has 0 aliphatic heterocycles. The van der Waals surface area contributed by atoms with E-state index in [0.717, 1.165) is 43.0 Å². The molecule has 1 fully saturated rings. The first-order valence-corrected chi connectivity index (χ1v) is 9.46. The Balaban J connectivity index is 0.00000280. The van der Waals surface area contributed by atoms with Gasteiger partial charge in [-0.05, 0) is 31.4 Å². The lowest BCUT2D eigenvalue weighted by Gasteiger charge is -2.21. The number of nitrogens with one attached hydrogen (secondary N) is 2. The van der Waals surface area contributed by atoms with Crippen molar-refractivity contribution in [1.29, 1.82) is 0 Å². The summed E-state index contributed by atoms with van der Waals surface area (Å²) in [5.74, 6) is 0.959. The second kappa shape index (κ2) is 11.0. The van der Waals surface area contributed by atoms with E-state index >= 15 is 0 Å². The largest absolute Gasteiger partial charge is 0.356 e. The summed E-state index contributed by atoms with van der Waals surface area (Å²) in [6, 6.07) is 10.5. The molecule has 0 spiro atoms. The number of benzene rings is 1. The van der Waals surface area contributed by atoms with Crippen molar-refractivity contribution in [2.75, 3.05) is 20.6 Å². The van der Waals surface area contributed by atoms with Gasteiger partial charge in [-0.2, -0.15) is 5.10 Å². The Morgan fingerprint density at radius 2 is 2.07 bits per heavy atom. The van der Waals surface area contributed by atoms with Gasteiger partial charge < -0.3 is 15.5 Å². The molecule has 152 valence electrons. The molecule has 0 unspecified atom stereocenters. The minimum atomic E-state index is 0. The fourth-order valence-electron chi connectivity index (χ4n) is 2.87. The molecule has 8 heteroatoms. The second-order valence-electron chi connectivity index (χ2n) is 6.90. The Bertz CT molecular complexity index is 772. The van der Waals surface area contributed by atoms with Crippen LogP contribution >= 0.6 is 24.0 Å². The molecule has 1 amide bonds. The molecular weight excluding hydrogens is 467 g/mol. The maximum atomic E-state index is 11.7. The molecule has 1 heterocycles. The summed E-state index contributed by atoms with van der Waals surface area (Å²) in [6.07, 6.45) is 7.50. The third kappa shape index (κ3) is 6.81. The molecule has 1 saturated carbocycles. The van der Waals surface area contributed by atoms with Crippen LogP contribution in [0.1, 0.15) is 31.2 Å². The maximum absolute atomic E-state index is 11.7. The Morgan fingerprint density at radius 1 is 1.32 bits per heavy atom. The van der Waals surface area contributed by atoms with E-state index in [1.165, 1.54) is 0 Å². The van der Waals surface area contributed by atoms with Crippen molar-refractivity contribution in [3.8, 4) is 5.69 Å². The van der Waals surface area contributed by atoms with E-state index in [9.17, 15) is 4.79 Å². The highest BCUT2D eigenvalue weighted by molar-refractivity contribution is 14.0. The fraction of sp³-hybridized carbons (Fsp3) is 0.450. The van der Waals surface area contributed by atoms with Crippen LogP contribution in [0.2, 0.25) is 0 Å². The van der Waals surface area contributed by atoms with E-state index in [-0.39, 0.29) is 29.9 Å². The summed E-state index contributed by atoms with van der Waals surface area (Å²) < 4.78 is 1.87. The molecule has 0 bridgehead atoms. The molecule has 1 aromatic heterocycles. The van der Waals surface area contributed by atoms with Gasteiger partial charge in [0.25, 0.3) is 0 Å². The number of amides is 1. The molecule has 2 aromatic rings. The highest BCUT2D eigenvalue weighted by Crippen LogP contribution is 2.18. The van der Waals surface area contributed by atoms with E-state index in [4.69, 9.17) is 0 Å². The van der Waals surface area contributed by atoms with Gasteiger partial charge in [-0.3, -0.25) is 9.79 Å². The zero-order chi connectivity index (χ0) is 19.1. The number of hydrogen-bond acceptors (Lipinski definition) is 3. The predicted molar refractivity (Wildman–Crippen MR) is 122 cm³/mol. The van der Waals surface area contributed by atoms with Gasteiger partial charge in [-0.25, -0.2) is 4.68 Å². The minimum absolute atomic E-state index is 0. The zero-order valence-electron chi connectivity index (χ0n) is 16.5. The molecule has 28 heavy (non-hydrogen) atoms. The van der Waals surface area contributed by atoms with Gasteiger partial charge in [-0.1, -0.05) is 18.2 Å². The van der Waals surface area contributed by atoms with E-state index in [1.807, 2.05) is 54.5 Å². The predicted octanol–water partition coefficient (Wildman–Crippen LogP) is 2.56. The van der Waals surface area contributed by atoms with Crippen molar-refractivity contribution in [3.63, 3.8) is 0 Å². The normalized spacial score (nSPS) is 13.6. The molecular formula is C20H29IN6O. The fourth-order valence-corrected chi connectivity index (χ4v) is 2.87. The van der Waals surface area contributed by atoms with Crippen molar-refractivity contribution in [2.24, 2.45) is 4.99 Å². The lowest BCUT2D eigenvalue weighted by Crippen LogP contribution is -2.39. The number of halogens is 1. The van der Waals surface area contributed by atoms with Gasteiger partial charge in [0, 0.05) is 51.4 Å². The van der Waals surface area contributed by atoms with Gasteiger partial charge in [0.1, 0.15) is 0 Å². The standard InChI is InChI=1S/C20H28N6O.HI/c1-21-20(22-12-6-9-19(27)24-17-10-11-17)25(2)14-16-13-23-26(15-16)18-7-4-3-5-8-18;/h3-5,7-8,13,15,17H,6,9-12,14H2,1-2H3,(H,21,22)(H,24,27);1H. The lowest BCUT2D eigenvalue weighted by atomic mass is 10.3. The lowest BCUT2D eigenvalue weighted by molar-refractivity contribution is -0.121. The molecule has 1 aliphatic carbocycles. The number of carbonyl (C=O) groups excluding carboxylic acids is 1. The van der Waals surface area contributed by atoms with Crippen LogP contribution < -0.4 is 10.6 Å². The summed E-state index contributed by atoms with van der Waals surface area (Å²) in [7, 11) is 3.76. The van der Waals surface area contributed by atoms with Gasteiger partial charge in [0.15, 0.2) is 5.96 Å². The van der Waals surface area contributed by atoms with Crippen LogP contribution in [0.3, 0.4) is 0 Å². The summed E-state index contributed by atoms with van der Waals surface area (Å²) in [5, 5.41) is 10.8. The molecule has 0 atom stereocenters. The van der Waals surface area contributed by atoms with Gasteiger partial charge in [0.2, 0.25) is 5.91 Å². The van der Waals surface area contributed by atoms with E-state index in [1.54, 1.807) is 7.05 Å². The number of nitrogens with zero attached hydrogens (tertiary/aromatic N) is 4.